The van der Waals surface area contributed by atoms with E-state index in [0.717, 1.165) is 6.42 Å². The van der Waals surface area contributed by atoms with Gasteiger partial charge in [0.05, 0.1) is 0 Å². The van der Waals surface area contributed by atoms with Gasteiger partial charge in [-0.3, -0.25) is 0 Å². The van der Waals surface area contributed by atoms with E-state index in [4.69, 9.17) is 0 Å². The van der Waals surface area contributed by atoms with Crippen LogP contribution in [0.5, 0.6) is 0 Å². The standard InChI is InChI=1S/C14H24O/c1-10-7-11-5-4-6-14(2,3)13(11)8-12(10)9-15/h10,12,15H,4-9H2,1-3H3. The van der Waals surface area contributed by atoms with Crippen molar-refractivity contribution in [2.75, 3.05) is 6.61 Å². The maximum Gasteiger partial charge on any atom is 0.0464 e. The maximum atomic E-state index is 9.40. The summed E-state index contributed by atoms with van der Waals surface area (Å²) in [6, 6.07) is 0. The summed E-state index contributed by atoms with van der Waals surface area (Å²) in [7, 11) is 0. The van der Waals surface area contributed by atoms with Crippen LogP contribution in [-0.4, -0.2) is 11.7 Å². The first-order chi connectivity index (χ1) is 7.04. The van der Waals surface area contributed by atoms with Crippen LogP contribution in [0.25, 0.3) is 0 Å². The molecule has 2 atom stereocenters. The van der Waals surface area contributed by atoms with Crippen LogP contribution in [0.15, 0.2) is 11.1 Å². The fourth-order valence-electron chi connectivity index (χ4n) is 3.43. The molecule has 0 aromatic rings. The molecule has 0 aromatic carbocycles. The minimum atomic E-state index is 0.369. The SMILES string of the molecule is CC1CC2=C(CC1CO)C(C)(C)CCC2. The van der Waals surface area contributed by atoms with Crippen LogP contribution in [0, 0.1) is 17.3 Å². The summed E-state index contributed by atoms with van der Waals surface area (Å²) in [5.41, 5.74) is 3.82. The Bertz CT molecular complexity index is 275. The monoisotopic (exact) mass is 208 g/mol. The second kappa shape index (κ2) is 3.93. The van der Waals surface area contributed by atoms with Crippen molar-refractivity contribution in [2.24, 2.45) is 17.3 Å². The van der Waals surface area contributed by atoms with Crippen molar-refractivity contribution >= 4 is 0 Å². The minimum Gasteiger partial charge on any atom is -0.396 e. The molecule has 0 saturated heterocycles. The first-order valence-electron chi connectivity index (χ1n) is 6.37. The molecule has 2 rings (SSSR count). The van der Waals surface area contributed by atoms with E-state index in [1.54, 1.807) is 11.1 Å². The van der Waals surface area contributed by atoms with Gasteiger partial charge < -0.3 is 5.11 Å². The third-order valence-corrected chi connectivity index (χ3v) is 4.60. The second-order valence-electron chi connectivity index (χ2n) is 6.15. The molecule has 1 nitrogen and oxygen atoms in total. The largest absolute Gasteiger partial charge is 0.396 e. The third-order valence-electron chi connectivity index (χ3n) is 4.60. The van der Waals surface area contributed by atoms with Gasteiger partial charge in [-0.25, -0.2) is 0 Å². The molecule has 0 spiro atoms. The highest BCUT2D eigenvalue weighted by molar-refractivity contribution is 5.27. The number of allylic oxidation sites excluding steroid dienone is 2. The van der Waals surface area contributed by atoms with Crippen LogP contribution in [-0.2, 0) is 0 Å². The summed E-state index contributed by atoms with van der Waals surface area (Å²) in [4.78, 5) is 0. The number of hydrogen-bond acceptors (Lipinski definition) is 1. The van der Waals surface area contributed by atoms with Crippen LogP contribution < -0.4 is 0 Å². The van der Waals surface area contributed by atoms with E-state index in [0.29, 0.717) is 23.9 Å². The lowest BCUT2D eigenvalue weighted by atomic mass is 9.63. The van der Waals surface area contributed by atoms with Crippen LogP contribution >= 0.6 is 0 Å². The Labute approximate surface area is 93.6 Å². The van der Waals surface area contributed by atoms with Gasteiger partial charge in [-0.2, -0.15) is 0 Å². The average molecular weight is 208 g/mol. The minimum absolute atomic E-state index is 0.369. The van der Waals surface area contributed by atoms with E-state index < -0.39 is 0 Å². The molecule has 2 aliphatic carbocycles. The van der Waals surface area contributed by atoms with Crippen molar-refractivity contribution in [1.29, 1.82) is 0 Å². The third kappa shape index (κ3) is 1.99. The molecule has 2 aliphatic rings. The Kier molecular flexibility index (Phi) is 2.94. The topological polar surface area (TPSA) is 20.2 Å². The highest BCUT2D eigenvalue weighted by Gasteiger charge is 2.36. The maximum absolute atomic E-state index is 9.40. The summed E-state index contributed by atoms with van der Waals surface area (Å²) < 4.78 is 0. The molecular formula is C14H24O. The summed E-state index contributed by atoms with van der Waals surface area (Å²) in [5.74, 6) is 1.20. The highest BCUT2D eigenvalue weighted by Crippen LogP contribution is 2.49. The van der Waals surface area contributed by atoms with Gasteiger partial charge in [-0.15, -0.1) is 0 Å². The first kappa shape index (κ1) is 11.2. The predicted molar refractivity (Wildman–Crippen MR) is 63.6 cm³/mol. The fourth-order valence-corrected chi connectivity index (χ4v) is 3.43. The number of aliphatic hydroxyl groups is 1. The second-order valence-corrected chi connectivity index (χ2v) is 6.15. The van der Waals surface area contributed by atoms with Crippen molar-refractivity contribution < 1.29 is 5.11 Å². The van der Waals surface area contributed by atoms with E-state index in [-0.39, 0.29) is 0 Å². The lowest BCUT2D eigenvalue weighted by molar-refractivity contribution is 0.158. The molecule has 1 N–H and O–H groups in total. The van der Waals surface area contributed by atoms with E-state index in [1.165, 1.54) is 25.7 Å². The molecule has 0 aromatic heterocycles. The highest BCUT2D eigenvalue weighted by atomic mass is 16.3. The van der Waals surface area contributed by atoms with E-state index in [9.17, 15) is 5.11 Å². The molecule has 0 aliphatic heterocycles. The van der Waals surface area contributed by atoms with Crippen LogP contribution in [0.1, 0.15) is 52.9 Å². The van der Waals surface area contributed by atoms with Gasteiger partial charge in [0.2, 0.25) is 0 Å². The van der Waals surface area contributed by atoms with Crippen LogP contribution in [0.3, 0.4) is 0 Å². The number of rotatable bonds is 1. The molecule has 1 heteroatoms. The molecule has 0 amide bonds. The number of aliphatic hydroxyl groups excluding tert-OH is 1. The molecule has 0 fully saturated rings. The summed E-state index contributed by atoms with van der Waals surface area (Å²) in [6.45, 7) is 7.43. The Balaban J connectivity index is 2.27. The predicted octanol–water partition coefficient (Wildman–Crippen LogP) is 3.53. The van der Waals surface area contributed by atoms with E-state index in [2.05, 4.69) is 20.8 Å². The smallest absolute Gasteiger partial charge is 0.0464 e. The molecule has 15 heavy (non-hydrogen) atoms. The zero-order valence-corrected chi connectivity index (χ0v) is 10.3. The quantitative estimate of drug-likeness (QED) is 0.654. The Morgan fingerprint density at radius 3 is 2.73 bits per heavy atom. The van der Waals surface area contributed by atoms with Gasteiger partial charge in [0.25, 0.3) is 0 Å². The molecule has 0 heterocycles. The van der Waals surface area contributed by atoms with Gasteiger partial charge in [-0.1, -0.05) is 31.9 Å². The van der Waals surface area contributed by atoms with Crippen molar-refractivity contribution in [3.05, 3.63) is 11.1 Å². The average Bonchev–Trinajstić information content (AvgIpc) is 2.16. The van der Waals surface area contributed by atoms with Gasteiger partial charge in [-0.05, 0) is 49.4 Å². The van der Waals surface area contributed by atoms with E-state index in [1.807, 2.05) is 0 Å². The summed E-state index contributed by atoms with van der Waals surface area (Å²) in [6.07, 6.45) is 6.41. The summed E-state index contributed by atoms with van der Waals surface area (Å²) in [5, 5.41) is 9.40. The molecular weight excluding hydrogens is 184 g/mol. The van der Waals surface area contributed by atoms with Gasteiger partial charge in [0.1, 0.15) is 0 Å². The molecule has 0 radical (unpaired) electrons. The van der Waals surface area contributed by atoms with Gasteiger partial charge in [0.15, 0.2) is 0 Å². The zero-order chi connectivity index (χ0) is 11.1. The Morgan fingerprint density at radius 2 is 2.07 bits per heavy atom. The van der Waals surface area contributed by atoms with Crippen molar-refractivity contribution in [2.45, 2.75) is 52.9 Å². The lowest BCUT2D eigenvalue weighted by Crippen LogP contribution is -2.31. The lowest BCUT2D eigenvalue weighted by Gasteiger charge is -2.42. The van der Waals surface area contributed by atoms with Crippen LogP contribution in [0.2, 0.25) is 0 Å². The van der Waals surface area contributed by atoms with Gasteiger partial charge in [0, 0.05) is 6.61 Å². The van der Waals surface area contributed by atoms with Crippen molar-refractivity contribution in [3.63, 3.8) is 0 Å². The van der Waals surface area contributed by atoms with E-state index >= 15 is 0 Å². The number of hydrogen-bond donors (Lipinski definition) is 1. The van der Waals surface area contributed by atoms with Crippen LogP contribution in [0.4, 0.5) is 0 Å². The van der Waals surface area contributed by atoms with Crippen molar-refractivity contribution in [1.82, 2.24) is 0 Å². The normalized spacial score (nSPS) is 35.2. The van der Waals surface area contributed by atoms with Gasteiger partial charge >= 0.3 is 0 Å². The Morgan fingerprint density at radius 1 is 1.33 bits per heavy atom. The summed E-state index contributed by atoms with van der Waals surface area (Å²) >= 11 is 0. The molecule has 86 valence electrons. The molecule has 0 bridgehead atoms. The Hall–Kier alpha value is -0.300. The molecule has 0 saturated carbocycles. The first-order valence-corrected chi connectivity index (χ1v) is 6.37. The zero-order valence-electron chi connectivity index (χ0n) is 10.3. The molecule has 2 unspecified atom stereocenters. The van der Waals surface area contributed by atoms with Crippen molar-refractivity contribution in [3.8, 4) is 0 Å². The fraction of sp³-hybridized carbons (Fsp3) is 0.857.